The molecule has 0 saturated carbocycles. The number of pyridine rings is 2. The van der Waals surface area contributed by atoms with Gasteiger partial charge < -0.3 is 0 Å². The van der Waals surface area contributed by atoms with Crippen molar-refractivity contribution in [3.05, 3.63) is 48.0 Å². The summed E-state index contributed by atoms with van der Waals surface area (Å²) in [5, 5.41) is -0.0431. The molecule has 0 unspecified atom stereocenters. The monoisotopic (exact) mass is 283 g/mol. The van der Waals surface area contributed by atoms with Crippen molar-refractivity contribution in [1.29, 1.82) is 0 Å². The fourth-order valence-electron chi connectivity index (χ4n) is 1.40. The Morgan fingerprint density at radius 2 is 1.83 bits per heavy atom. The van der Waals surface area contributed by atoms with Crippen molar-refractivity contribution < 1.29 is 8.42 Å². The lowest BCUT2D eigenvalue weighted by Gasteiger charge is -2.19. The molecule has 0 atom stereocenters. The van der Waals surface area contributed by atoms with E-state index < -0.39 is 10.0 Å². The highest BCUT2D eigenvalue weighted by atomic mass is 35.5. The standard InChI is InChI=1S/C11H10ClN3O2S/c1-15(9-4-7-13-8-5-9)18(16,17)10-3-2-6-14-11(10)12/h2-8H,1H3. The van der Waals surface area contributed by atoms with Crippen LogP contribution in [-0.2, 0) is 10.0 Å². The molecule has 0 saturated heterocycles. The number of halogens is 1. The van der Waals surface area contributed by atoms with E-state index in [-0.39, 0.29) is 10.0 Å². The van der Waals surface area contributed by atoms with Crippen molar-refractivity contribution >= 4 is 27.3 Å². The minimum absolute atomic E-state index is 0.0222. The highest BCUT2D eigenvalue weighted by molar-refractivity contribution is 7.92. The Bertz CT molecular complexity index is 646. The molecule has 18 heavy (non-hydrogen) atoms. The molecular weight excluding hydrogens is 274 g/mol. The second-order valence-corrected chi connectivity index (χ2v) is 5.77. The predicted molar refractivity (Wildman–Crippen MR) is 69.1 cm³/mol. The Hall–Kier alpha value is -1.66. The minimum Gasteiger partial charge on any atom is -0.269 e. The number of anilines is 1. The average molecular weight is 284 g/mol. The van der Waals surface area contributed by atoms with E-state index in [2.05, 4.69) is 9.97 Å². The Morgan fingerprint density at radius 3 is 2.44 bits per heavy atom. The van der Waals surface area contributed by atoms with Gasteiger partial charge in [0, 0.05) is 25.6 Å². The number of hydrogen-bond acceptors (Lipinski definition) is 4. The SMILES string of the molecule is CN(c1ccncc1)S(=O)(=O)c1cccnc1Cl. The van der Waals surface area contributed by atoms with E-state index in [1.807, 2.05) is 0 Å². The number of aromatic nitrogens is 2. The first-order valence-electron chi connectivity index (χ1n) is 5.03. The second-order valence-electron chi connectivity index (χ2n) is 3.47. The summed E-state index contributed by atoms with van der Waals surface area (Å²) >= 11 is 5.81. The molecule has 2 aromatic heterocycles. The maximum absolute atomic E-state index is 12.3. The topological polar surface area (TPSA) is 63.2 Å². The Labute approximate surface area is 110 Å². The molecule has 2 rings (SSSR count). The van der Waals surface area contributed by atoms with Gasteiger partial charge in [-0.3, -0.25) is 9.29 Å². The van der Waals surface area contributed by atoms with E-state index in [0.717, 1.165) is 4.31 Å². The lowest BCUT2D eigenvalue weighted by atomic mass is 10.4. The van der Waals surface area contributed by atoms with Gasteiger partial charge >= 0.3 is 0 Å². The molecule has 0 aromatic carbocycles. The summed E-state index contributed by atoms with van der Waals surface area (Å²) in [6.45, 7) is 0. The van der Waals surface area contributed by atoms with E-state index >= 15 is 0 Å². The summed E-state index contributed by atoms with van der Waals surface area (Å²) in [6.07, 6.45) is 4.48. The molecule has 0 aliphatic rings. The molecule has 0 fully saturated rings. The molecule has 0 spiro atoms. The number of hydrogen-bond donors (Lipinski definition) is 0. The largest absolute Gasteiger partial charge is 0.269 e. The Kier molecular flexibility index (Phi) is 3.49. The van der Waals surface area contributed by atoms with Gasteiger partial charge in [0.05, 0.1) is 5.69 Å². The van der Waals surface area contributed by atoms with Crippen molar-refractivity contribution in [2.45, 2.75) is 4.90 Å². The summed E-state index contributed by atoms with van der Waals surface area (Å²) < 4.78 is 25.8. The first-order valence-corrected chi connectivity index (χ1v) is 6.85. The van der Waals surface area contributed by atoms with Crippen LogP contribution in [0.4, 0.5) is 5.69 Å². The van der Waals surface area contributed by atoms with Crippen LogP contribution in [0.5, 0.6) is 0 Å². The van der Waals surface area contributed by atoms with E-state index in [1.165, 1.54) is 37.8 Å². The van der Waals surface area contributed by atoms with Gasteiger partial charge in [0.15, 0.2) is 0 Å². The molecule has 0 amide bonds. The van der Waals surface area contributed by atoms with Crippen LogP contribution < -0.4 is 4.31 Å². The first-order chi connectivity index (χ1) is 8.53. The van der Waals surface area contributed by atoms with Crippen molar-refractivity contribution in [2.24, 2.45) is 0 Å². The van der Waals surface area contributed by atoms with Crippen molar-refractivity contribution in [3.63, 3.8) is 0 Å². The van der Waals surface area contributed by atoms with Crippen LogP contribution in [0.15, 0.2) is 47.8 Å². The summed E-state index contributed by atoms with van der Waals surface area (Å²) in [5.41, 5.74) is 0.505. The van der Waals surface area contributed by atoms with Crippen molar-refractivity contribution in [2.75, 3.05) is 11.4 Å². The van der Waals surface area contributed by atoms with Crippen LogP contribution >= 0.6 is 11.6 Å². The number of sulfonamides is 1. The summed E-state index contributed by atoms with van der Waals surface area (Å²) in [4.78, 5) is 7.59. The third-order valence-corrected chi connectivity index (χ3v) is 4.62. The molecule has 2 aromatic rings. The van der Waals surface area contributed by atoms with E-state index in [9.17, 15) is 8.42 Å². The molecule has 7 heteroatoms. The van der Waals surface area contributed by atoms with Crippen LogP contribution in [0.25, 0.3) is 0 Å². The Balaban J connectivity index is 2.48. The van der Waals surface area contributed by atoms with Gasteiger partial charge in [-0.15, -0.1) is 0 Å². The van der Waals surface area contributed by atoms with Gasteiger partial charge in [0.2, 0.25) is 0 Å². The lowest BCUT2D eigenvalue weighted by molar-refractivity contribution is 0.594. The second kappa shape index (κ2) is 4.91. The van der Waals surface area contributed by atoms with Crippen LogP contribution in [0.1, 0.15) is 0 Å². The molecule has 2 heterocycles. The van der Waals surface area contributed by atoms with Gasteiger partial charge in [0.25, 0.3) is 10.0 Å². The molecule has 94 valence electrons. The highest BCUT2D eigenvalue weighted by Gasteiger charge is 2.24. The van der Waals surface area contributed by atoms with Gasteiger partial charge in [-0.2, -0.15) is 0 Å². The average Bonchev–Trinajstić information content (AvgIpc) is 2.39. The van der Waals surface area contributed by atoms with Gasteiger partial charge in [0.1, 0.15) is 10.0 Å². The van der Waals surface area contributed by atoms with Gasteiger partial charge in [-0.25, -0.2) is 13.4 Å². The Morgan fingerprint density at radius 1 is 1.17 bits per heavy atom. The zero-order chi connectivity index (χ0) is 13.2. The molecule has 0 aliphatic heterocycles. The van der Waals surface area contributed by atoms with Crippen molar-refractivity contribution in [1.82, 2.24) is 9.97 Å². The maximum Gasteiger partial charge on any atom is 0.267 e. The molecule has 5 nitrogen and oxygen atoms in total. The fourth-order valence-corrected chi connectivity index (χ4v) is 3.03. The van der Waals surface area contributed by atoms with Crippen LogP contribution in [-0.4, -0.2) is 25.4 Å². The summed E-state index contributed by atoms with van der Waals surface area (Å²) in [7, 11) is -2.26. The zero-order valence-corrected chi connectivity index (χ0v) is 11.1. The van der Waals surface area contributed by atoms with E-state index in [4.69, 9.17) is 11.6 Å². The van der Waals surface area contributed by atoms with Crippen LogP contribution in [0.2, 0.25) is 5.15 Å². The van der Waals surface area contributed by atoms with Crippen LogP contribution in [0.3, 0.4) is 0 Å². The summed E-state index contributed by atoms with van der Waals surface area (Å²) in [6, 6.07) is 6.14. The third kappa shape index (κ3) is 2.30. The van der Waals surface area contributed by atoms with Crippen molar-refractivity contribution in [3.8, 4) is 0 Å². The molecule has 0 bridgehead atoms. The van der Waals surface area contributed by atoms with Crippen LogP contribution in [0, 0.1) is 0 Å². The number of nitrogens with zero attached hydrogens (tertiary/aromatic N) is 3. The molecule has 0 radical (unpaired) electrons. The third-order valence-electron chi connectivity index (χ3n) is 2.39. The number of rotatable bonds is 3. The van der Waals surface area contributed by atoms with Gasteiger partial charge in [-0.1, -0.05) is 11.6 Å². The minimum atomic E-state index is -3.71. The smallest absolute Gasteiger partial charge is 0.267 e. The van der Waals surface area contributed by atoms with Gasteiger partial charge in [-0.05, 0) is 24.3 Å². The predicted octanol–water partition coefficient (Wildman–Crippen LogP) is 1.96. The van der Waals surface area contributed by atoms with E-state index in [0.29, 0.717) is 5.69 Å². The fraction of sp³-hybridized carbons (Fsp3) is 0.0909. The highest BCUT2D eigenvalue weighted by Crippen LogP contribution is 2.25. The quantitative estimate of drug-likeness (QED) is 0.808. The molecule has 0 N–H and O–H groups in total. The normalized spacial score (nSPS) is 11.2. The van der Waals surface area contributed by atoms with E-state index in [1.54, 1.807) is 12.1 Å². The first kappa shape index (κ1) is 12.8. The zero-order valence-electron chi connectivity index (χ0n) is 9.49. The maximum atomic E-state index is 12.3. The lowest BCUT2D eigenvalue weighted by Crippen LogP contribution is -2.26. The molecular formula is C11H10ClN3O2S. The summed E-state index contributed by atoms with van der Waals surface area (Å²) in [5.74, 6) is 0. The molecule has 0 aliphatic carbocycles.